The number of hydrogen-bond acceptors (Lipinski definition) is 2. The first kappa shape index (κ1) is 30.0. The number of aromatic nitrogens is 1. The molecule has 0 amide bonds. The molecule has 10 aromatic rings. The summed E-state index contributed by atoms with van der Waals surface area (Å²) in [7, 11) is 0. The third-order valence-electron chi connectivity index (χ3n) is 10.1. The van der Waals surface area contributed by atoms with E-state index in [4.69, 9.17) is 4.42 Å². The van der Waals surface area contributed by atoms with Crippen molar-refractivity contribution in [3.63, 3.8) is 0 Å². The van der Waals surface area contributed by atoms with Gasteiger partial charge in [-0.2, -0.15) is 0 Å². The molecule has 4 heteroatoms. The molecule has 246 valence electrons. The van der Waals surface area contributed by atoms with Gasteiger partial charge in [-0.1, -0.05) is 115 Å². The Hall–Kier alpha value is -6.91. The van der Waals surface area contributed by atoms with Gasteiger partial charge in [0, 0.05) is 38.6 Å². The number of hydrogen-bond donors (Lipinski definition) is 0. The Kier molecular flexibility index (Phi) is 7.00. The molecule has 3 nitrogen and oxygen atoms in total. The number of anilines is 3. The van der Waals surface area contributed by atoms with Gasteiger partial charge < -0.3 is 13.9 Å². The summed E-state index contributed by atoms with van der Waals surface area (Å²) in [5.41, 5.74) is 12.3. The van der Waals surface area contributed by atoms with Crippen LogP contribution in [0.1, 0.15) is 0 Å². The van der Waals surface area contributed by atoms with E-state index in [-0.39, 0.29) is 5.82 Å². The van der Waals surface area contributed by atoms with Gasteiger partial charge in [0.25, 0.3) is 0 Å². The van der Waals surface area contributed by atoms with E-state index in [2.05, 4.69) is 149 Å². The van der Waals surface area contributed by atoms with Gasteiger partial charge in [0.1, 0.15) is 11.4 Å². The van der Waals surface area contributed by atoms with Crippen molar-refractivity contribution < 1.29 is 8.81 Å². The highest BCUT2D eigenvalue weighted by molar-refractivity contribution is 6.11. The molecule has 0 aliphatic carbocycles. The van der Waals surface area contributed by atoms with Crippen LogP contribution in [-0.2, 0) is 0 Å². The largest absolute Gasteiger partial charge is 0.454 e. The molecule has 0 saturated carbocycles. The fraction of sp³-hybridized carbons (Fsp3) is 0. The van der Waals surface area contributed by atoms with Gasteiger partial charge in [0.2, 0.25) is 0 Å². The normalized spacial score (nSPS) is 11.6. The maximum atomic E-state index is 14.4. The van der Waals surface area contributed by atoms with Gasteiger partial charge in [-0.05, 0) is 95.1 Å². The highest BCUT2D eigenvalue weighted by atomic mass is 19.1. The standard InChI is InChI=1S/C48H31FN2O/c49-36-24-29-45-43(31-36)40-14-4-6-17-44(40)51(45)39-13-8-12-35(30-39)34-22-27-38(28-23-34)50(37-25-20-33(21-26-37)32-10-2-1-3-11-32)46-18-9-16-42-41-15-5-7-19-47(41)52-48(42)46/h1-31H. The second-order valence-electron chi connectivity index (χ2n) is 13.1. The molecule has 0 aliphatic rings. The summed E-state index contributed by atoms with van der Waals surface area (Å²) in [6.07, 6.45) is 0. The first-order valence-corrected chi connectivity index (χ1v) is 17.5. The Bertz CT molecular complexity index is 2900. The molecule has 0 N–H and O–H groups in total. The van der Waals surface area contributed by atoms with Crippen LogP contribution in [0.25, 0.3) is 71.7 Å². The van der Waals surface area contributed by atoms with Crippen LogP contribution in [-0.4, -0.2) is 4.57 Å². The molecule has 2 aromatic heterocycles. The minimum Gasteiger partial charge on any atom is -0.454 e. The van der Waals surface area contributed by atoms with Crippen molar-refractivity contribution in [3.05, 3.63) is 194 Å². The van der Waals surface area contributed by atoms with Crippen LogP contribution in [0.4, 0.5) is 21.5 Å². The van der Waals surface area contributed by atoms with E-state index in [9.17, 15) is 4.39 Å². The lowest BCUT2D eigenvalue weighted by Crippen LogP contribution is -2.10. The predicted molar refractivity (Wildman–Crippen MR) is 214 cm³/mol. The van der Waals surface area contributed by atoms with Gasteiger partial charge in [0.05, 0.1) is 16.7 Å². The van der Waals surface area contributed by atoms with Gasteiger partial charge in [-0.25, -0.2) is 4.39 Å². The number of halogens is 1. The van der Waals surface area contributed by atoms with E-state index >= 15 is 0 Å². The number of benzene rings is 8. The molecule has 52 heavy (non-hydrogen) atoms. The van der Waals surface area contributed by atoms with Crippen molar-refractivity contribution in [2.24, 2.45) is 0 Å². The van der Waals surface area contributed by atoms with Crippen LogP contribution in [0.15, 0.2) is 192 Å². The molecular weight excluding hydrogens is 640 g/mol. The molecule has 0 fully saturated rings. The molecule has 2 heterocycles. The molecule has 0 bridgehead atoms. The molecule has 8 aromatic carbocycles. The zero-order valence-electron chi connectivity index (χ0n) is 28.1. The van der Waals surface area contributed by atoms with E-state index in [0.29, 0.717) is 0 Å². The average molecular weight is 671 g/mol. The molecule has 0 atom stereocenters. The molecule has 10 rings (SSSR count). The van der Waals surface area contributed by atoms with Crippen molar-refractivity contribution in [2.75, 3.05) is 4.90 Å². The summed E-state index contributed by atoms with van der Waals surface area (Å²) >= 11 is 0. The predicted octanol–water partition coefficient (Wildman–Crippen LogP) is 13.6. The molecule has 0 aliphatic heterocycles. The van der Waals surface area contributed by atoms with Crippen LogP contribution in [0.2, 0.25) is 0 Å². The number of furan rings is 1. The summed E-state index contributed by atoms with van der Waals surface area (Å²) < 4.78 is 23.1. The van der Waals surface area contributed by atoms with Crippen LogP contribution in [0.5, 0.6) is 0 Å². The van der Waals surface area contributed by atoms with E-state index < -0.39 is 0 Å². The Morgan fingerprint density at radius 1 is 0.423 bits per heavy atom. The van der Waals surface area contributed by atoms with Crippen LogP contribution < -0.4 is 4.90 Å². The van der Waals surface area contributed by atoms with Crippen LogP contribution in [0.3, 0.4) is 0 Å². The number of fused-ring (bicyclic) bond motifs is 6. The topological polar surface area (TPSA) is 21.3 Å². The van der Waals surface area contributed by atoms with Crippen molar-refractivity contribution in [1.82, 2.24) is 4.57 Å². The number of nitrogens with zero attached hydrogens (tertiary/aromatic N) is 2. The van der Waals surface area contributed by atoms with Crippen LogP contribution in [0, 0.1) is 5.82 Å². The smallest absolute Gasteiger partial charge is 0.159 e. The summed E-state index contributed by atoms with van der Waals surface area (Å²) in [4.78, 5) is 2.27. The Balaban J connectivity index is 1.08. The zero-order chi connectivity index (χ0) is 34.6. The molecule has 0 saturated heterocycles. The van der Waals surface area contributed by atoms with Gasteiger partial charge >= 0.3 is 0 Å². The third kappa shape index (κ3) is 4.96. The first-order valence-electron chi connectivity index (χ1n) is 17.5. The molecule has 0 spiro atoms. The first-order chi connectivity index (χ1) is 25.7. The highest BCUT2D eigenvalue weighted by Gasteiger charge is 2.20. The van der Waals surface area contributed by atoms with Crippen molar-refractivity contribution in [1.29, 1.82) is 0 Å². The lowest BCUT2D eigenvalue weighted by atomic mass is 10.0. The van der Waals surface area contributed by atoms with E-state index in [1.165, 1.54) is 11.6 Å². The highest BCUT2D eigenvalue weighted by Crippen LogP contribution is 2.43. The Morgan fingerprint density at radius 2 is 1.02 bits per heavy atom. The molecular formula is C48H31FN2O. The van der Waals surface area contributed by atoms with Crippen molar-refractivity contribution >= 4 is 60.8 Å². The lowest BCUT2D eigenvalue weighted by Gasteiger charge is -2.26. The minimum absolute atomic E-state index is 0.234. The lowest BCUT2D eigenvalue weighted by molar-refractivity contribution is 0.629. The minimum atomic E-state index is -0.234. The quantitative estimate of drug-likeness (QED) is 0.176. The maximum Gasteiger partial charge on any atom is 0.159 e. The summed E-state index contributed by atoms with van der Waals surface area (Å²) in [5, 5.41) is 4.12. The summed E-state index contributed by atoms with van der Waals surface area (Å²) in [6, 6.07) is 64.2. The van der Waals surface area contributed by atoms with E-state index in [1.807, 2.05) is 36.4 Å². The van der Waals surface area contributed by atoms with Crippen molar-refractivity contribution in [3.8, 4) is 27.9 Å². The fourth-order valence-electron chi connectivity index (χ4n) is 7.62. The third-order valence-corrected chi connectivity index (χ3v) is 10.1. The summed E-state index contributed by atoms with van der Waals surface area (Å²) in [5.74, 6) is -0.234. The number of rotatable bonds is 6. The average Bonchev–Trinajstić information content (AvgIpc) is 3.75. The zero-order valence-corrected chi connectivity index (χ0v) is 28.1. The second-order valence-corrected chi connectivity index (χ2v) is 13.1. The summed E-state index contributed by atoms with van der Waals surface area (Å²) in [6.45, 7) is 0. The monoisotopic (exact) mass is 670 g/mol. The van der Waals surface area contributed by atoms with Gasteiger partial charge in [-0.3, -0.25) is 0 Å². The maximum absolute atomic E-state index is 14.4. The van der Waals surface area contributed by atoms with Crippen LogP contribution >= 0.6 is 0 Å². The Labute approximate surface area is 300 Å². The van der Waals surface area contributed by atoms with Crippen molar-refractivity contribution in [2.45, 2.75) is 0 Å². The van der Waals surface area contributed by atoms with E-state index in [0.717, 1.165) is 83.2 Å². The SMILES string of the molecule is Fc1ccc2c(c1)c1ccccc1n2-c1cccc(-c2ccc(N(c3ccc(-c4ccccc4)cc3)c3cccc4c3oc3ccccc34)cc2)c1. The second kappa shape index (κ2) is 12.1. The molecule has 0 unspecified atom stereocenters. The fourth-order valence-corrected chi connectivity index (χ4v) is 7.62. The van der Waals surface area contributed by atoms with Gasteiger partial charge in [0.15, 0.2) is 5.58 Å². The molecule has 0 radical (unpaired) electrons. The number of para-hydroxylation sites is 3. The Morgan fingerprint density at radius 3 is 1.81 bits per heavy atom. The van der Waals surface area contributed by atoms with Gasteiger partial charge in [-0.15, -0.1) is 0 Å². The van der Waals surface area contributed by atoms with E-state index in [1.54, 1.807) is 6.07 Å².